The average molecular weight is 698 g/mol. The molecule has 0 saturated carbocycles. The summed E-state index contributed by atoms with van der Waals surface area (Å²) < 4.78 is 45.4. The summed E-state index contributed by atoms with van der Waals surface area (Å²) in [6.45, 7) is 4.56. The van der Waals surface area contributed by atoms with E-state index in [1.54, 1.807) is 54.3 Å². The van der Waals surface area contributed by atoms with Gasteiger partial charge in [-0.15, -0.1) is 0 Å². The van der Waals surface area contributed by atoms with Gasteiger partial charge in [-0.2, -0.15) is 13.2 Å². The molecule has 3 aromatic rings. The van der Waals surface area contributed by atoms with Crippen LogP contribution in [0.25, 0.3) is 0 Å². The quantitative estimate of drug-likeness (QED) is 0.117. The van der Waals surface area contributed by atoms with Gasteiger partial charge >= 0.3 is 6.18 Å². The van der Waals surface area contributed by atoms with Gasteiger partial charge in [0.25, 0.3) is 5.91 Å². The number of nitrogen functional groups attached to an aromatic ring is 1. The number of nitrogens with one attached hydrogen (secondary N) is 2. The third-order valence-electron chi connectivity index (χ3n) is 8.72. The summed E-state index contributed by atoms with van der Waals surface area (Å²) in [4.78, 5) is 42.4. The highest BCUT2D eigenvalue weighted by atomic mass is 19.4. The van der Waals surface area contributed by atoms with Gasteiger partial charge in [0.1, 0.15) is 11.9 Å². The maximum Gasteiger partial charge on any atom is 0.416 e. The van der Waals surface area contributed by atoms with Gasteiger partial charge in [0.05, 0.1) is 35.2 Å². The van der Waals surface area contributed by atoms with Crippen LogP contribution in [0.4, 0.5) is 30.2 Å². The Balaban J connectivity index is 1.36. The van der Waals surface area contributed by atoms with Crippen molar-refractivity contribution in [2.45, 2.75) is 70.8 Å². The molecule has 1 heterocycles. The van der Waals surface area contributed by atoms with Gasteiger partial charge in [-0.25, -0.2) is 0 Å². The molecule has 0 spiro atoms. The largest absolute Gasteiger partial charge is 0.488 e. The zero-order valence-electron chi connectivity index (χ0n) is 28.6. The van der Waals surface area contributed by atoms with Crippen LogP contribution in [0.15, 0.2) is 66.7 Å². The Hall–Kier alpha value is -4.62. The number of hydrogen-bond acceptors (Lipinski definition) is 7. The summed E-state index contributed by atoms with van der Waals surface area (Å²) in [5.74, 6) is -0.539. The monoisotopic (exact) mass is 697 g/mol. The van der Waals surface area contributed by atoms with E-state index in [2.05, 4.69) is 10.6 Å². The highest BCUT2D eigenvalue weighted by molar-refractivity contribution is 6.00. The molecule has 3 aromatic carbocycles. The Morgan fingerprint density at radius 1 is 1.02 bits per heavy atom. The summed E-state index contributed by atoms with van der Waals surface area (Å²) in [7, 11) is 1.85. The predicted molar refractivity (Wildman–Crippen MR) is 187 cm³/mol. The highest BCUT2D eigenvalue weighted by Crippen LogP contribution is 2.32. The van der Waals surface area contributed by atoms with Crippen molar-refractivity contribution in [1.82, 2.24) is 9.80 Å². The third kappa shape index (κ3) is 10.7. The van der Waals surface area contributed by atoms with E-state index in [0.717, 1.165) is 12.1 Å². The number of carbonyl (C=O) groups excluding carboxylic acids is 3. The van der Waals surface area contributed by atoms with Gasteiger partial charge < -0.3 is 31.1 Å². The summed E-state index contributed by atoms with van der Waals surface area (Å²) in [6.07, 6.45) is -2.43. The Kier molecular flexibility index (Phi) is 13.3. The second-order valence-electron chi connectivity index (χ2n) is 13.0. The van der Waals surface area contributed by atoms with Crippen LogP contribution in [-0.4, -0.2) is 71.5 Å². The maximum atomic E-state index is 13.8. The van der Waals surface area contributed by atoms with Crippen molar-refractivity contribution in [3.63, 3.8) is 0 Å². The molecule has 0 radical (unpaired) electrons. The Labute approximate surface area is 290 Å². The first-order valence-electron chi connectivity index (χ1n) is 16.8. The lowest BCUT2D eigenvalue weighted by Gasteiger charge is -2.38. The molecule has 5 N–H and O–H groups in total. The minimum atomic E-state index is -4.41. The Morgan fingerprint density at radius 3 is 2.32 bits per heavy atom. The van der Waals surface area contributed by atoms with Crippen LogP contribution in [0, 0.1) is 5.92 Å². The molecule has 0 fully saturated rings. The van der Waals surface area contributed by atoms with E-state index in [1.165, 1.54) is 12.1 Å². The number of unbranched alkanes of at least 4 members (excludes halogenated alkanes) is 2. The smallest absolute Gasteiger partial charge is 0.416 e. The molecule has 0 unspecified atom stereocenters. The number of nitrogens with two attached hydrogens (primary N) is 1. The van der Waals surface area contributed by atoms with E-state index in [4.69, 9.17) is 10.5 Å². The van der Waals surface area contributed by atoms with Crippen molar-refractivity contribution in [3.8, 4) is 5.75 Å². The van der Waals surface area contributed by atoms with E-state index >= 15 is 0 Å². The van der Waals surface area contributed by atoms with Crippen LogP contribution >= 0.6 is 0 Å². The fraction of sp³-hybridized carbons (Fsp3) is 0.432. The minimum Gasteiger partial charge on any atom is -0.488 e. The van der Waals surface area contributed by atoms with Crippen LogP contribution in [0.2, 0.25) is 0 Å². The zero-order valence-corrected chi connectivity index (χ0v) is 28.6. The molecule has 13 heteroatoms. The van der Waals surface area contributed by atoms with Crippen LogP contribution < -0.4 is 21.1 Å². The van der Waals surface area contributed by atoms with Crippen molar-refractivity contribution >= 4 is 34.8 Å². The standard InChI is InChI=1S/C37H46F3N5O5/c1-24-20-45(25(2)23-46)36(49)29-19-28(42-34(47)11-5-4-6-12-35(48)43-31-10-8-7-9-30(31)41)17-18-32(29)50-33(24)22-44(3)21-26-13-15-27(16-14-26)37(38,39)40/h7-10,13-19,24-25,33,46H,4-6,11-12,20-23,41H2,1-3H3,(H,42,47)(H,43,48)/t24-,25+,33+/m0/s1. The molecular weight excluding hydrogens is 651 g/mol. The van der Waals surface area contributed by atoms with Crippen LogP contribution in [0.1, 0.15) is 67.4 Å². The molecule has 0 aliphatic carbocycles. The lowest BCUT2D eigenvalue weighted by atomic mass is 9.99. The lowest BCUT2D eigenvalue weighted by molar-refractivity contribution is -0.137. The first-order chi connectivity index (χ1) is 23.7. The van der Waals surface area contributed by atoms with Crippen LogP contribution in [0.5, 0.6) is 5.75 Å². The number of fused-ring (bicyclic) bond motifs is 1. The molecule has 0 saturated heterocycles. The van der Waals surface area contributed by atoms with E-state index in [-0.39, 0.29) is 42.2 Å². The van der Waals surface area contributed by atoms with E-state index in [0.29, 0.717) is 73.7 Å². The first kappa shape index (κ1) is 38.2. The molecule has 0 bridgehead atoms. The number of rotatable bonds is 14. The average Bonchev–Trinajstić information content (AvgIpc) is 3.07. The molecule has 270 valence electrons. The van der Waals surface area contributed by atoms with Crippen molar-refractivity contribution < 1.29 is 37.4 Å². The lowest BCUT2D eigenvalue weighted by Crippen LogP contribution is -2.49. The summed E-state index contributed by atoms with van der Waals surface area (Å²) in [6, 6.07) is 16.5. The number of carbonyl (C=O) groups is 3. The van der Waals surface area contributed by atoms with Gasteiger partial charge in [0, 0.05) is 44.1 Å². The number of hydrogen-bond donors (Lipinski definition) is 4. The summed E-state index contributed by atoms with van der Waals surface area (Å²) in [5, 5.41) is 15.6. The number of alkyl halides is 3. The van der Waals surface area contributed by atoms with Gasteiger partial charge in [0.2, 0.25) is 11.8 Å². The fourth-order valence-corrected chi connectivity index (χ4v) is 5.80. The number of amides is 3. The number of anilines is 3. The molecule has 50 heavy (non-hydrogen) atoms. The minimum absolute atomic E-state index is 0.146. The molecule has 0 aromatic heterocycles. The van der Waals surface area contributed by atoms with E-state index in [1.807, 2.05) is 18.9 Å². The second kappa shape index (κ2) is 17.3. The van der Waals surface area contributed by atoms with E-state index in [9.17, 15) is 32.7 Å². The zero-order chi connectivity index (χ0) is 36.4. The van der Waals surface area contributed by atoms with Crippen LogP contribution in [-0.2, 0) is 22.3 Å². The fourth-order valence-electron chi connectivity index (χ4n) is 5.80. The second-order valence-corrected chi connectivity index (χ2v) is 13.0. The Bertz CT molecular complexity index is 1620. The number of likely N-dealkylation sites (N-methyl/N-ethyl adjacent to an activating group) is 1. The number of benzene rings is 3. The summed E-state index contributed by atoms with van der Waals surface area (Å²) >= 11 is 0. The van der Waals surface area contributed by atoms with Crippen molar-refractivity contribution in [1.29, 1.82) is 0 Å². The summed E-state index contributed by atoms with van der Waals surface area (Å²) in [5.41, 5.74) is 7.61. The molecule has 3 amide bonds. The van der Waals surface area contributed by atoms with Crippen molar-refractivity contribution in [3.05, 3.63) is 83.4 Å². The SMILES string of the molecule is C[C@H](CO)N1C[C@H](C)[C@@H](CN(C)Cc2ccc(C(F)(F)F)cc2)Oc2ccc(NC(=O)CCCCCC(=O)Nc3ccccc3N)cc2C1=O. The highest BCUT2D eigenvalue weighted by Gasteiger charge is 2.34. The molecule has 1 aliphatic rings. The number of halogens is 3. The molecule has 1 aliphatic heterocycles. The van der Waals surface area contributed by atoms with E-state index < -0.39 is 23.9 Å². The number of aliphatic hydroxyl groups excluding tert-OH is 1. The molecule has 3 atom stereocenters. The van der Waals surface area contributed by atoms with Gasteiger partial charge in [0.15, 0.2) is 0 Å². The number of ether oxygens (including phenoxy) is 1. The topological polar surface area (TPSA) is 137 Å². The van der Waals surface area contributed by atoms with Gasteiger partial charge in [-0.05, 0) is 74.8 Å². The predicted octanol–water partition coefficient (Wildman–Crippen LogP) is 6.17. The normalized spacial score (nSPS) is 17.0. The maximum absolute atomic E-state index is 13.8. The number of nitrogens with zero attached hydrogens (tertiary/aromatic N) is 2. The molecule has 10 nitrogen and oxygen atoms in total. The van der Waals surface area contributed by atoms with Crippen molar-refractivity contribution in [2.75, 3.05) is 43.1 Å². The Morgan fingerprint density at radius 2 is 1.68 bits per heavy atom. The first-order valence-corrected chi connectivity index (χ1v) is 16.8. The van der Waals surface area contributed by atoms with Crippen LogP contribution in [0.3, 0.4) is 0 Å². The molecular formula is C37H46F3N5O5. The van der Waals surface area contributed by atoms with Crippen molar-refractivity contribution in [2.24, 2.45) is 5.92 Å². The third-order valence-corrected chi connectivity index (χ3v) is 8.72. The van der Waals surface area contributed by atoms with Gasteiger partial charge in [-0.1, -0.05) is 37.6 Å². The number of aliphatic hydroxyl groups is 1. The molecule has 4 rings (SSSR count). The number of para-hydroxylation sites is 2. The van der Waals surface area contributed by atoms with Gasteiger partial charge in [-0.3, -0.25) is 19.3 Å².